The predicted octanol–water partition coefficient (Wildman–Crippen LogP) is 2.66. The molecular weight excluding hydrogens is 316 g/mol. The maximum atomic E-state index is 12.6. The zero-order valence-electron chi connectivity index (χ0n) is 15.7. The van der Waals surface area contributed by atoms with Crippen molar-refractivity contribution in [2.24, 2.45) is 5.41 Å². The highest BCUT2D eigenvalue weighted by molar-refractivity contribution is 5.94. The van der Waals surface area contributed by atoms with Crippen molar-refractivity contribution in [1.82, 2.24) is 9.80 Å². The normalized spacial score (nSPS) is 19.6. The second-order valence-corrected chi connectivity index (χ2v) is 8.24. The number of ether oxygens (including phenoxy) is 2. The minimum absolute atomic E-state index is 0.0640. The molecule has 0 radical (unpaired) electrons. The van der Waals surface area contributed by atoms with Gasteiger partial charge in [-0.25, -0.2) is 0 Å². The van der Waals surface area contributed by atoms with Gasteiger partial charge in [0.15, 0.2) is 0 Å². The Morgan fingerprint density at radius 2 is 1.96 bits per heavy atom. The predicted molar refractivity (Wildman–Crippen MR) is 98.1 cm³/mol. The molecule has 0 aromatic heterocycles. The van der Waals surface area contributed by atoms with Gasteiger partial charge in [0, 0.05) is 31.7 Å². The lowest BCUT2D eigenvalue weighted by molar-refractivity contribution is 0.0138. The fourth-order valence-corrected chi connectivity index (χ4v) is 3.12. The minimum Gasteiger partial charge on any atom is -0.488 e. The van der Waals surface area contributed by atoms with Crippen molar-refractivity contribution in [1.29, 1.82) is 0 Å². The molecule has 5 nitrogen and oxygen atoms in total. The first-order chi connectivity index (χ1) is 11.9. The Hall–Kier alpha value is -1.59. The van der Waals surface area contributed by atoms with Crippen LogP contribution in [0.25, 0.3) is 0 Å². The fraction of sp³-hybridized carbons (Fsp3) is 0.650. The molecule has 2 fully saturated rings. The van der Waals surface area contributed by atoms with Crippen LogP contribution >= 0.6 is 0 Å². The van der Waals surface area contributed by atoms with Crippen LogP contribution in [-0.4, -0.2) is 67.7 Å². The first-order valence-electron chi connectivity index (χ1n) is 9.27. The van der Waals surface area contributed by atoms with E-state index in [1.165, 1.54) is 6.42 Å². The van der Waals surface area contributed by atoms with Crippen molar-refractivity contribution in [3.8, 4) is 5.75 Å². The lowest BCUT2D eigenvalue weighted by atomic mass is 9.91. The van der Waals surface area contributed by atoms with Crippen molar-refractivity contribution >= 4 is 5.91 Å². The highest BCUT2D eigenvalue weighted by Gasteiger charge is 2.29. The number of carbonyl (C=O) groups excluding carboxylic acids is 1. The van der Waals surface area contributed by atoms with Crippen molar-refractivity contribution in [3.63, 3.8) is 0 Å². The fourth-order valence-electron chi connectivity index (χ4n) is 3.12. The van der Waals surface area contributed by atoms with Gasteiger partial charge in [-0.05, 0) is 36.6 Å². The van der Waals surface area contributed by atoms with E-state index in [9.17, 15) is 4.79 Å². The lowest BCUT2D eigenvalue weighted by Gasteiger charge is -2.40. The topological polar surface area (TPSA) is 42.0 Å². The maximum absolute atomic E-state index is 12.6. The Bertz CT molecular complexity index is 585. The number of nitrogens with zero attached hydrogens (tertiary/aromatic N) is 2. The van der Waals surface area contributed by atoms with Crippen LogP contribution in [0.4, 0.5) is 0 Å². The first kappa shape index (κ1) is 18.2. The molecule has 25 heavy (non-hydrogen) atoms. The second kappa shape index (κ2) is 7.75. The van der Waals surface area contributed by atoms with Crippen molar-refractivity contribution < 1.29 is 14.3 Å². The molecule has 138 valence electrons. The van der Waals surface area contributed by atoms with Crippen molar-refractivity contribution in [2.75, 3.05) is 45.9 Å². The Labute approximate surface area is 150 Å². The molecule has 0 saturated carbocycles. The van der Waals surface area contributed by atoms with Crippen LogP contribution in [0.1, 0.15) is 37.6 Å². The highest BCUT2D eigenvalue weighted by Crippen LogP contribution is 2.23. The molecule has 2 aliphatic rings. The molecule has 0 bridgehead atoms. The molecule has 0 spiro atoms. The maximum Gasteiger partial charge on any atom is 0.254 e. The quantitative estimate of drug-likeness (QED) is 0.822. The van der Waals surface area contributed by atoms with Crippen LogP contribution in [0, 0.1) is 5.41 Å². The van der Waals surface area contributed by atoms with Crippen LogP contribution < -0.4 is 4.74 Å². The molecule has 5 heteroatoms. The number of rotatable bonds is 5. The Morgan fingerprint density at radius 3 is 2.64 bits per heavy atom. The Balaban J connectivity index is 1.49. The largest absolute Gasteiger partial charge is 0.488 e. The lowest BCUT2D eigenvalue weighted by Crippen LogP contribution is -2.54. The van der Waals surface area contributed by atoms with E-state index < -0.39 is 0 Å². The third-order valence-corrected chi connectivity index (χ3v) is 4.78. The van der Waals surface area contributed by atoms with Crippen LogP contribution in [0.2, 0.25) is 0 Å². The van der Waals surface area contributed by atoms with E-state index in [1.807, 2.05) is 29.2 Å². The monoisotopic (exact) mass is 346 g/mol. The van der Waals surface area contributed by atoms with Gasteiger partial charge in [0.2, 0.25) is 0 Å². The average Bonchev–Trinajstić information content (AvgIpc) is 2.56. The summed E-state index contributed by atoms with van der Waals surface area (Å²) in [6.07, 6.45) is 1.43. The molecule has 1 aromatic rings. The molecule has 0 atom stereocenters. The smallest absolute Gasteiger partial charge is 0.254 e. The number of carbonyl (C=O) groups is 1. The number of amides is 1. The molecule has 1 aromatic carbocycles. The van der Waals surface area contributed by atoms with Gasteiger partial charge >= 0.3 is 0 Å². The van der Waals surface area contributed by atoms with E-state index in [-0.39, 0.29) is 12.0 Å². The van der Waals surface area contributed by atoms with Gasteiger partial charge in [-0.1, -0.05) is 26.8 Å². The molecular formula is C20H30N2O3. The molecule has 0 N–H and O–H groups in total. The van der Waals surface area contributed by atoms with Crippen molar-refractivity contribution in [3.05, 3.63) is 29.8 Å². The van der Waals surface area contributed by atoms with Gasteiger partial charge < -0.3 is 14.4 Å². The van der Waals surface area contributed by atoms with Crippen LogP contribution in [0.15, 0.2) is 24.3 Å². The van der Waals surface area contributed by atoms with E-state index in [1.54, 1.807) is 0 Å². The van der Waals surface area contributed by atoms with Crippen LogP contribution in [0.5, 0.6) is 5.75 Å². The number of hydrogen-bond acceptors (Lipinski definition) is 4. The number of morpholine rings is 1. The van der Waals surface area contributed by atoms with E-state index in [0.29, 0.717) is 37.3 Å². The number of likely N-dealkylation sites (tertiary alicyclic amines) is 1. The summed E-state index contributed by atoms with van der Waals surface area (Å²) in [7, 11) is 0. The molecule has 0 aliphatic carbocycles. The zero-order chi connectivity index (χ0) is 17.9. The summed E-state index contributed by atoms with van der Waals surface area (Å²) in [4.78, 5) is 16.8. The first-order valence-corrected chi connectivity index (χ1v) is 9.27. The van der Waals surface area contributed by atoms with E-state index >= 15 is 0 Å². The standard InChI is InChI=1S/C20H30N2O3/c1-20(2,3)7-8-21-14-18(15-21)25-17-6-4-5-16(13-17)19(23)22-9-11-24-12-10-22/h4-6,13,18H,7-12,14-15H2,1-3H3. The van der Waals surface area contributed by atoms with E-state index in [0.717, 1.165) is 25.4 Å². The van der Waals surface area contributed by atoms with Crippen LogP contribution in [0.3, 0.4) is 0 Å². The SMILES string of the molecule is CC(C)(C)CCN1CC(Oc2cccc(C(=O)N3CCOCC3)c2)C1. The molecule has 3 rings (SSSR count). The summed E-state index contributed by atoms with van der Waals surface area (Å²) >= 11 is 0. The Morgan fingerprint density at radius 1 is 1.24 bits per heavy atom. The van der Waals surface area contributed by atoms with Crippen LogP contribution in [-0.2, 0) is 4.74 Å². The summed E-state index contributed by atoms with van der Waals surface area (Å²) in [5.41, 5.74) is 1.07. The molecule has 2 saturated heterocycles. The van der Waals surface area contributed by atoms with Gasteiger partial charge in [-0.3, -0.25) is 9.69 Å². The van der Waals surface area contributed by atoms with Gasteiger partial charge in [0.05, 0.1) is 13.2 Å². The van der Waals surface area contributed by atoms with Crippen molar-refractivity contribution in [2.45, 2.75) is 33.3 Å². The third-order valence-electron chi connectivity index (χ3n) is 4.78. The highest BCUT2D eigenvalue weighted by atomic mass is 16.5. The number of benzene rings is 1. The van der Waals surface area contributed by atoms with Gasteiger partial charge in [0.1, 0.15) is 11.9 Å². The average molecular weight is 346 g/mol. The van der Waals surface area contributed by atoms with E-state index in [2.05, 4.69) is 25.7 Å². The number of hydrogen-bond donors (Lipinski definition) is 0. The molecule has 1 amide bonds. The molecule has 2 heterocycles. The zero-order valence-corrected chi connectivity index (χ0v) is 15.7. The summed E-state index contributed by atoms with van der Waals surface area (Å²) in [6.45, 7) is 12.5. The summed E-state index contributed by atoms with van der Waals surface area (Å²) in [5, 5.41) is 0. The summed E-state index contributed by atoms with van der Waals surface area (Å²) in [6, 6.07) is 7.57. The minimum atomic E-state index is 0.0640. The van der Waals surface area contributed by atoms with Gasteiger partial charge in [-0.2, -0.15) is 0 Å². The van der Waals surface area contributed by atoms with E-state index in [4.69, 9.17) is 9.47 Å². The summed E-state index contributed by atoms with van der Waals surface area (Å²) < 4.78 is 11.4. The Kier molecular flexibility index (Phi) is 5.64. The summed E-state index contributed by atoms with van der Waals surface area (Å²) in [5.74, 6) is 0.855. The third kappa shape index (κ3) is 5.19. The van der Waals surface area contributed by atoms with Gasteiger partial charge in [-0.15, -0.1) is 0 Å². The molecule has 2 aliphatic heterocycles. The second-order valence-electron chi connectivity index (χ2n) is 8.24. The van der Waals surface area contributed by atoms with Gasteiger partial charge in [0.25, 0.3) is 5.91 Å². The molecule has 0 unspecified atom stereocenters.